The highest BCUT2D eigenvalue weighted by Gasteiger charge is 2.29. The standard InChI is InChI=1S/C20H21FN6O3/c1-10(13-8-12(21)6-11-7-16(28)29-17(11)13)23-15-4-5-27-19(24-15)14(9-22-27)18-25-20(2,3)30-26-18/h4-6,8-10,16,28H,7H2,1-3H3,(H,23,24)(H,25,26)/t10-,16?/m1/s1. The van der Waals surface area contributed by atoms with Crippen molar-refractivity contribution in [1.82, 2.24) is 20.1 Å². The van der Waals surface area contributed by atoms with Crippen LogP contribution in [0.5, 0.6) is 5.75 Å². The number of rotatable bonds is 4. The number of aromatic nitrogens is 3. The van der Waals surface area contributed by atoms with Gasteiger partial charge >= 0.3 is 0 Å². The highest BCUT2D eigenvalue weighted by atomic mass is 19.1. The summed E-state index contributed by atoms with van der Waals surface area (Å²) in [6.07, 6.45) is 2.76. The molecule has 1 unspecified atom stereocenters. The summed E-state index contributed by atoms with van der Waals surface area (Å²) in [6.45, 7) is 5.57. The molecule has 2 aliphatic rings. The van der Waals surface area contributed by atoms with Gasteiger partial charge in [-0.1, -0.05) is 0 Å². The van der Waals surface area contributed by atoms with Crippen LogP contribution >= 0.6 is 0 Å². The normalized spacial score (nSPS) is 20.4. The third-order valence-corrected chi connectivity index (χ3v) is 5.04. The molecule has 3 N–H and O–H groups in total. The molecule has 0 fully saturated rings. The van der Waals surface area contributed by atoms with Crippen LogP contribution < -0.4 is 15.5 Å². The Morgan fingerprint density at radius 1 is 1.40 bits per heavy atom. The number of aliphatic imine (C=N–C) groups is 1. The topological polar surface area (TPSA) is 105 Å². The number of hydrogen-bond donors (Lipinski definition) is 3. The zero-order chi connectivity index (χ0) is 21.0. The van der Waals surface area contributed by atoms with E-state index in [1.165, 1.54) is 12.1 Å². The molecule has 1 aromatic carbocycles. The van der Waals surface area contributed by atoms with E-state index in [0.717, 1.165) is 0 Å². The second-order valence-corrected chi connectivity index (χ2v) is 7.88. The van der Waals surface area contributed by atoms with Crippen LogP contribution in [-0.2, 0) is 11.3 Å². The lowest BCUT2D eigenvalue weighted by Gasteiger charge is -2.18. The highest BCUT2D eigenvalue weighted by molar-refractivity contribution is 6.03. The summed E-state index contributed by atoms with van der Waals surface area (Å²) >= 11 is 0. The molecule has 0 bridgehead atoms. The molecular formula is C20H21FN6O3. The van der Waals surface area contributed by atoms with Crippen molar-refractivity contribution in [2.45, 2.75) is 45.2 Å². The largest absolute Gasteiger partial charge is 0.464 e. The summed E-state index contributed by atoms with van der Waals surface area (Å²) in [6, 6.07) is 4.27. The van der Waals surface area contributed by atoms with Gasteiger partial charge in [-0.25, -0.2) is 29.2 Å². The van der Waals surface area contributed by atoms with Gasteiger partial charge < -0.3 is 15.2 Å². The molecule has 0 aliphatic carbocycles. The lowest BCUT2D eigenvalue weighted by Crippen LogP contribution is -2.23. The minimum atomic E-state index is -0.956. The van der Waals surface area contributed by atoms with Crippen molar-refractivity contribution in [1.29, 1.82) is 0 Å². The molecule has 0 amide bonds. The molecule has 0 saturated heterocycles. The van der Waals surface area contributed by atoms with E-state index in [4.69, 9.17) is 9.57 Å². The van der Waals surface area contributed by atoms with Crippen molar-refractivity contribution < 1.29 is 19.1 Å². The minimum Gasteiger partial charge on any atom is -0.464 e. The maximum Gasteiger partial charge on any atom is 0.201 e. The Hall–Kier alpha value is -3.24. The Balaban J connectivity index is 1.46. The third-order valence-electron chi connectivity index (χ3n) is 5.04. The quantitative estimate of drug-likeness (QED) is 0.604. The van der Waals surface area contributed by atoms with Crippen molar-refractivity contribution in [3.8, 4) is 5.75 Å². The molecule has 0 saturated carbocycles. The highest BCUT2D eigenvalue weighted by Crippen LogP contribution is 2.37. The van der Waals surface area contributed by atoms with E-state index >= 15 is 0 Å². The summed E-state index contributed by atoms with van der Waals surface area (Å²) < 4.78 is 21.2. The van der Waals surface area contributed by atoms with Gasteiger partial charge in [-0.3, -0.25) is 0 Å². The first kappa shape index (κ1) is 18.8. The molecule has 156 valence electrons. The number of ether oxygens (including phenoxy) is 1. The van der Waals surface area contributed by atoms with Crippen LogP contribution in [0.15, 0.2) is 35.6 Å². The molecule has 2 aliphatic heterocycles. The fourth-order valence-corrected chi connectivity index (χ4v) is 3.68. The molecule has 4 heterocycles. The second kappa shape index (κ2) is 6.64. The van der Waals surface area contributed by atoms with E-state index in [0.29, 0.717) is 39.7 Å². The number of anilines is 1. The zero-order valence-corrected chi connectivity index (χ0v) is 16.7. The lowest BCUT2D eigenvalue weighted by atomic mass is 10.0. The molecular weight excluding hydrogens is 391 g/mol. The number of nitrogens with zero attached hydrogens (tertiary/aromatic N) is 4. The van der Waals surface area contributed by atoms with Gasteiger partial charge in [0, 0.05) is 23.7 Å². The fraction of sp³-hybridized carbons (Fsp3) is 0.350. The van der Waals surface area contributed by atoms with E-state index < -0.39 is 12.0 Å². The van der Waals surface area contributed by atoms with E-state index in [1.54, 1.807) is 23.0 Å². The number of benzene rings is 1. The summed E-state index contributed by atoms with van der Waals surface area (Å²) in [5.74, 6) is 1.27. The first-order valence-electron chi connectivity index (χ1n) is 9.61. The first-order valence-corrected chi connectivity index (χ1v) is 9.61. The predicted molar refractivity (Wildman–Crippen MR) is 107 cm³/mol. The predicted octanol–water partition coefficient (Wildman–Crippen LogP) is 2.31. The first-order chi connectivity index (χ1) is 14.3. The number of aliphatic hydroxyl groups excluding tert-OH is 1. The van der Waals surface area contributed by atoms with E-state index in [2.05, 4.69) is 25.9 Å². The van der Waals surface area contributed by atoms with Gasteiger partial charge in [0.05, 0.1) is 17.8 Å². The van der Waals surface area contributed by atoms with Crippen LogP contribution in [0.2, 0.25) is 0 Å². The van der Waals surface area contributed by atoms with E-state index in [1.807, 2.05) is 20.8 Å². The molecule has 3 aromatic rings. The van der Waals surface area contributed by atoms with Crippen molar-refractivity contribution in [2.24, 2.45) is 4.99 Å². The molecule has 2 atom stereocenters. The van der Waals surface area contributed by atoms with Crippen LogP contribution in [0.3, 0.4) is 0 Å². The monoisotopic (exact) mass is 412 g/mol. The fourth-order valence-electron chi connectivity index (χ4n) is 3.68. The number of aliphatic hydroxyl groups is 1. The van der Waals surface area contributed by atoms with Crippen molar-refractivity contribution >= 4 is 17.3 Å². The smallest absolute Gasteiger partial charge is 0.201 e. The Morgan fingerprint density at radius 2 is 2.23 bits per heavy atom. The molecule has 0 radical (unpaired) electrons. The van der Waals surface area contributed by atoms with Gasteiger partial charge in [0.2, 0.25) is 6.29 Å². The van der Waals surface area contributed by atoms with E-state index in [-0.39, 0.29) is 18.3 Å². The SMILES string of the molecule is C[C@@H](Nc1ccn2ncc(C3=NC(C)(C)ON3)c2n1)c1cc(F)cc2c1OC(O)C2. The average Bonchev–Trinajstić information content (AvgIpc) is 3.36. The number of hydroxylamine groups is 1. The van der Waals surface area contributed by atoms with Crippen LogP contribution in [-0.4, -0.2) is 37.6 Å². The molecule has 10 heteroatoms. The second-order valence-electron chi connectivity index (χ2n) is 7.88. The van der Waals surface area contributed by atoms with Crippen molar-refractivity contribution in [2.75, 3.05) is 5.32 Å². The summed E-state index contributed by atoms with van der Waals surface area (Å²) in [5, 5.41) is 17.4. The van der Waals surface area contributed by atoms with Crippen molar-refractivity contribution in [3.05, 3.63) is 53.1 Å². The van der Waals surface area contributed by atoms with Gasteiger partial charge in [0.1, 0.15) is 17.4 Å². The van der Waals surface area contributed by atoms with E-state index in [9.17, 15) is 9.50 Å². The van der Waals surface area contributed by atoms with Gasteiger partial charge in [0.25, 0.3) is 0 Å². The summed E-state index contributed by atoms with van der Waals surface area (Å²) in [7, 11) is 0. The number of nitrogens with one attached hydrogen (secondary N) is 2. The third kappa shape index (κ3) is 3.23. The zero-order valence-electron chi connectivity index (χ0n) is 16.7. The minimum absolute atomic E-state index is 0.268. The molecule has 2 aromatic heterocycles. The Morgan fingerprint density at radius 3 is 3.00 bits per heavy atom. The average molecular weight is 412 g/mol. The molecule has 9 nitrogen and oxygen atoms in total. The Kier molecular flexibility index (Phi) is 4.16. The van der Waals surface area contributed by atoms with Gasteiger partial charge in [-0.15, -0.1) is 0 Å². The van der Waals surface area contributed by atoms with Crippen LogP contribution in [0, 0.1) is 5.82 Å². The van der Waals surface area contributed by atoms with Gasteiger partial charge in [-0.2, -0.15) is 5.10 Å². The van der Waals surface area contributed by atoms with Crippen LogP contribution in [0.1, 0.15) is 43.5 Å². The molecule has 0 spiro atoms. The Bertz CT molecular complexity index is 1170. The summed E-state index contributed by atoms with van der Waals surface area (Å²) in [5.41, 5.74) is 4.72. The number of amidine groups is 1. The Labute approximate surface area is 171 Å². The van der Waals surface area contributed by atoms with Gasteiger partial charge in [-0.05, 0) is 39.0 Å². The van der Waals surface area contributed by atoms with Gasteiger partial charge in [0.15, 0.2) is 17.2 Å². The molecule has 5 rings (SSSR count). The number of hydrogen-bond acceptors (Lipinski definition) is 8. The maximum absolute atomic E-state index is 14.1. The number of fused-ring (bicyclic) bond motifs is 2. The van der Waals surface area contributed by atoms with Crippen LogP contribution in [0.4, 0.5) is 10.2 Å². The molecule has 30 heavy (non-hydrogen) atoms. The van der Waals surface area contributed by atoms with Crippen molar-refractivity contribution in [3.63, 3.8) is 0 Å². The maximum atomic E-state index is 14.1. The number of halogens is 1. The lowest BCUT2D eigenvalue weighted by molar-refractivity contribution is -0.0269. The summed E-state index contributed by atoms with van der Waals surface area (Å²) in [4.78, 5) is 14.6. The van der Waals surface area contributed by atoms with Crippen LogP contribution in [0.25, 0.3) is 5.65 Å².